The molecule has 2 amide bonds. The molecule has 2 aromatic carbocycles. The second-order valence-corrected chi connectivity index (χ2v) is 11.0. The van der Waals surface area contributed by atoms with Gasteiger partial charge >= 0.3 is 6.09 Å². The van der Waals surface area contributed by atoms with Crippen LogP contribution >= 0.6 is 11.6 Å². The first kappa shape index (κ1) is 28.7. The maximum Gasteiger partial charge on any atom is 0.409 e. The maximum atomic E-state index is 13.1. The topological polar surface area (TPSA) is 119 Å². The zero-order valence-electron chi connectivity index (χ0n) is 23.8. The zero-order valence-corrected chi connectivity index (χ0v) is 24.5. The number of hydrogen-bond donors (Lipinski definition) is 2. The van der Waals surface area contributed by atoms with Gasteiger partial charge in [-0.25, -0.2) is 19.7 Å². The summed E-state index contributed by atoms with van der Waals surface area (Å²) in [4.78, 5) is 39.3. The van der Waals surface area contributed by atoms with E-state index >= 15 is 0 Å². The molecule has 2 atom stereocenters. The highest BCUT2D eigenvalue weighted by Crippen LogP contribution is 2.44. The molecule has 2 aliphatic rings. The zero-order chi connectivity index (χ0) is 29.9. The number of rotatable bonds is 7. The number of aromatic nitrogens is 3. The molecule has 2 aromatic heterocycles. The minimum Gasteiger partial charge on any atom is -0.448 e. The minimum atomic E-state index is -0.405. The lowest BCUT2D eigenvalue weighted by molar-refractivity contribution is -0.0494. The number of likely N-dealkylation sites (N-methyl/N-ethyl adjacent to an activating group) is 1. The lowest BCUT2D eigenvalue weighted by atomic mass is 9.98. The molecule has 2 N–H and O–H groups in total. The van der Waals surface area contributed by atoms with Crippen molar-refractivity contribution < 1.29 is 19.1 Å². The highest BCUT2D eigenvalue weighted by Gasteiger charge is 2.31. The summed E-state index contributed by atoms with van der Waals surface area (Å²) in [5.41, 5.74) is 6.70. The molecule has 1 aliphatic carbocycles. The molecule has 0 bridgehead atoms. The summed E-state index contributed by atoms with van der Waals surface area (Å²) >= 11 is 6.38. The van der Waals surface area contributed by atoms with Gasteiger partial charge in [0.05, 0.1) is 30.1 Å². The van der Waals surface area contributed by atoms with E-state index in [1.165, 1.54) is 35.6 Å². The van der Waals surface area contributed by atoms with E-state index < -0.39 is 6.09 Å². The number of carbonyl (C=O) groups is 2. The Kier molecular flexibility index (Phi) is 8.33. The van der Waals surface area contributed by atoms with Gasteiger partial charge in [0.15, 0.2) is 0 Å². The third-order valence-electron chi connectivity index (χ3n) is 7.76. The molecule has 0 saturated carbocycles. The van der Waals surface area contributed by atoms with Crippen molar-refractivity contribution in [3.63, 3.8) is 0 Å². The molecule has 6 rings (SSSR count). The van der Waals surface area contributed by atoms with Gasteiger partial charge in [0, 0.05) is 33.1 Å². The monoisotopic (exact) mass is 598 g/mol. The van der Waals surface area contributed by atoms with E-state index in [0.29, 0.717) is 31.0 Å². The first-order valence-corrected chi connectivity index (χ1v) is 14.4. The second kappa shape index (κ2) is 12.5. The van der Waals surface area contributed by atoms with Gasteiger partial charge in [0.1, 0.15) is 23.8 Å². The number of halogens is 1. The number of ether oxygens (including phenoxy) is 2. The molecule has 3 heterocycles. The average molecular weight is 599 g/mol. The predicted octanol–water partition coefficient (Wildman–Crippen LogP) is 4.46. The van der Waals surface area contributed by atoms with Gasteiger partial charge in [-0.05, 0) is 46.0 Å². The molecule has 1 aliphatic heterocycles. The van der Waals surface area contributed by atoms with Crippen LogP contribution in [-0.4, -0.2) is 78.3 Å². The Bertz CT molecular complexity index is 1620. The van der Waals surface area contributed by atoms with Crippen molar-refractivity contribution in [3.05, 3.63) is 101 Å². The fourth-order valence-electron chi connectivity index (χ4n) is 5.68. The lowest BCUT2D eigenvalue weighted by Gasteiger charge is -2.33. The molecule has 220 valence electrons. The largest absolute Gasteiger partial charge is 0.448 e. The number of hydrogen-bond acceptors (Lipinski definition) is 8. The normalized spacial score (nSPS) is 17.6. The number of morpholine rings is 1. The van der Waals surface area contributed by atoms with Crippen molar-refractivity contribution in [2.45, 2.75) is 18.1 Å². The van der Waals surface area contributed by atoms with Crippen molar-refractivity contribution >= 4 is 23.6 Å². The maximum absolute atomic E-state index is 13.1. The summed E-state index contributed by atoms with van der Waals surface area (Å²) in [7, 11) is 3.25. The number of pyridine rings is 1. The Morgan fingerprint density at radius 3 is 2.47 bits per heavy atom. The van der Waals surface area contributed by atoms with Crippen LogP contribution in [0.15, 0.2) is 73.1 Å². The van der Waals surface area contributed by atoms with Gasteiger partial charge < -0.3 is 25.0 Å². The molecule has 0 spiro atoms. The standard InChI is InChI=1S/C32H31ClN6O4/c1-34-31(40)28-13-26(36-18-37-28)27-11-19(12-30(33)38-27)29-15-35-14-20(43-29)16-39(2)32(41)42-17-25-23-9-5-3-7-21(23)22-8-4-6-10-24(22)25/h3-13,18,20,25,29,35H,14-17H2,1-2H3,(H,34,40)/t20-,29-/m0/s1. The highest BCUT2D eigenvalue weighted by molar-refractivity contribution is 6.29. The molecular weight excluding hydrogens is 568 g/mol. The van der Waals surface area contributed by atoms with E-state index in [4.69, 9.17) is 21.1 Å². The SMILES string of the molecule is CNC(=O)c1cc(-c2cc([C@@H]3CNC[C@@H](CN(C)C(=O)OCC4c5ccccc5-c5ccccc54)O3)cc(Cl)n2)ncn1. The molecule has 1 fully saturated rings. The van der Waals surface area contributed by atoms with E-state index in [1.54, 1.807) is 24.1 Å². The van der Waals surface area contributed by atoms with E-state index in [2.05, 4.69) is 49.9 Å². The van der Waals surface area contributed by atoms with Gasteiger partial charge in [-0.2, -0.15) is 0 Å². The van der Waals surface area contributed by atoms with Gasteiger partial charge in [-0.3, -0.25) is 4.79 Å². The van der Waals surface area contributed by atoms with Crippen LogP contribution in [0.1, 0.15) is 39.2 Å². The van der Waals surface area contributed by atoms with Crippen molar-refractivity contribution in [1.82, 2.24) is 30.5 Å². The van der Waals surface area contributed by atoms with Crippen LogP contribution in [0.5, 0.6) is 0 Å². The summed E-state index contributed by atoms with van der Waals surface area (Å²) in [6.07, 6.45) is 0.293. The summed E-state index contributed by atoms with van der Waals surface area (Å²) in [5.74, 6) is -0.330. The summed E-state index contributed by atoms with van der Waals surface area (Å²) < 4.78 is 12.2. The van der Waals surface area contributed by atoms with Crippen LogP contribution in [0.2, 0.25) is 5.15 Å². The Hall–Kier alpha value is -4.38. The molecule has 11 heteroatoms. The Balaban J connectivity index is 1.10. The molecule has 43 heavy (non-hydrogen) atoms. The van der Waals surface area contributed by atoms with Crippen molar-refractivity contribution in [2.24, 2.45) is 0 Å². The number of nitrogens with zero attached hydrogens (tertiary/aromatic N) is 4. The molecule has 1 saturated heterocycles. The number of nitrogens with one attached hydrogen (secondary N) is 2. The van der Waals surface area contributed by atoms with Crippen LogP contribution in [0.25, 0.3) is 22.5 Å². The van der Waals surface area contributed by atoms with Gasteiger partial charge in [0.25, 0.3) is 5.91 Å². The number of benzene rings is 2. The molecular formula is C32H31ClN6O4. The van der Waals surface area contributed by atoms with E-state index in [9.17, 15) is 9.59 Å². The van der Waals surface area contributed by atoms with Crippen LogP contribution in [0.4, 0.5) is 4.79 Å². The van der Waals surface area contributed by atoms with E-state index in [0.717, 1.165) is 5.56 Å². The second-order valence-electron chi connectivity index (χ2n) is 10.6. The first-order valence-electron chi connectivity index (χ1n) is 14.1. The molecule has 0 radical (unpaired) electrons. The van der Waals surface area contributed by atoms with Gasteiger partial charge in [0.2, 0.25) is 0 Å². The third kappa shape index (κ3) is 6.08. The minimum absolute atomic E-state index is 0.00492. The summed E-state index contributed by atoms with van der Waals surface area (Å²) in [6.45, 7) is 1.72. The number of fused-ring (bicyclic) bond motifs is 3. The quantitative estimate of drug-likeness (QED) is 0.299. The number of carbonyl (C=O) groups excluding carboxylic acids is 2. The summed E-state index contributed by atoms with van der Waals surface area (Å²) in [5, 5.41) is 6.22. The van der Waals surface area contributed by atoms with Gasteiger partial charge in [-0.1, -0.05) is 60.1 Å². The van der Waals surface area contributed by atoms with E-state index in [-0.39, 0.29) is 41.5 Å². The Morgan fingerprint density at radius 2 is 1.74 bits per heavy atom. The fraction of sp³-hybridized carbons (Fsp3) is 0.281. The molecule has 4 aromatic rings. The van der Waals surface area contributed by atoms with Crippen molar-refractivity contribution in [2.75, 3.05) is 40.3 Å². The highest BCUT2D eigenvalue weighted by atomic mass is 35.5. The first-order chi connectivity index (χ1) is 20.9. The van der Waals surface area contributed by atoms with Gasteiger partial charge in [-0.15, -0.1) is 0 Å². The van der Waals surface area contributed by atoms with Crippen LogP contribution in [0.3, 0.4) is 0 Å². The van der Waals surface area contributed by atoms with Crippen LogP contribution in [0, 0.1) is 0 Å². The molecule has 0 unspecified atom stereocenters. The van der Waals surface area contributed by atoms with Crippen molar-refractivity contribution in [3.8, 4) is 22.5 Å². The average Bonchev–Trinajstić information content (AvgIpc) is 3.36. The smallest absolute Gasteiger partial charge is 0.409 e. The van der Waals surface area contributed by atoms with Crippen LogP contribution in [-0.2, 0) is 9.47 Å². The Labute approximate surface area is 254 Å². The van der Waals surface area contributed by atoms with Crippen molar-refractivity contribution in [1.29, 1.82) is 0 Å². The molecule has 10 nitrogen and oxygen atoms in total. The Morgan fingerprint density at radius 1 is 1.02 bits per heavy atom. The number of amides is 2. The fourth-order valence-corrected chi connectivity index (χ4v) is 5.89. The third-order valence-corrected chi connectivity index (χ3v) is 7.95. The van der Waals surface area contributed by atoms with E-state index in [1.807, 2.05) is 30.3 Å². The summed E-state index contributed by atoms with van der Waals surface area (Å²) in [6, 6.07) is 21.7. The lowest BCUT2D eigenvalue weighted by Crippen LogP contribution is -2.47. The van der Waals surface area contributed by atoms with Crippen LogP contribution < -0.4 is 10.6 Å². The predicted molar refractivity (Wildman–Crippen MR) is 162 cm³/mol.